The van der Waals surface area contributed by atoms with Gasteiger partial charge >= 0.3 is 19.6 Å². The van der Waals surface area contributed by atoms with Crippen LogP contribution in [0.5, 0.6) is 0 Å². The second-order valence-electron chi connectivity index (χ2n) is 1.12. The van der Waals surface area contributed by atoms with E-state index in [4.69, 9.17) is 14.7 Å². The summed E-state index contributed by atoms with van der Waals surface area (Å²) >= 11 is 0. The zero-order valence-corrected chi connectivity index (χ0v) is 4.82. The summed E-state index contributed by atoms with van der Waals surface area (Å²) in [5.41, 5.74) is -2.55. The Morgan fingerprint density at radius 1 is 1.00 bits per heavy atom. The van der Waals surface area contributed by atoms with E-state index in [1.807, 2.05) is 0 Å². The van der Waals surface area contributed by atoms with Crippen molar-refractivity contribution in [3.8, 4) is 0 Å². The molecule has 0 aliphatic rings. The maximum absolute atomic E-state index is 11.5. The quantitative estimate of drug-likeness (QED) is 0.500. The fourth-order valence-corrected chi connectivity index (χ4v) is 0.340. The van der Waals surface area contributed by atoms with Crippen LogP contribution < -0.4 is 0 Å². The lowest BCUT2D eigenvalue weighted by atomic mass is 11.1. The maximum Gasteiger partial charge on any atom is 0.476 e. The molecule has 3 nitrogen and oxygen atoms in total. The van der Waals surface area contributed by atoms with Gasteiger partial charge in [0.05, 0.1) is 0 Å². The molecule has 0 heterocycles. The Bertz CT molecular complexity index is 134. The first-order valence-electron chi connectivity index (χ1n) is 1.64. The highest BCUT2D eigenvalue weighted by atomic mass is 31.2. The van der Waals surface area contributed by atoms with Crippen LogP contribution in [0.4, 0.5) is 13.2 Å². The number of hydrogen-bond acceptors (Lipinski definition) is 3. The minimum Gasteiger partial charge on any atom is -0.187 e. The van der Waals surface area contributed by atoms with Gasteiger partial charge in [0.25, 0.3) is 0 Å². The highest BCUT2D eigenvalue weighted by molar-refractivity contribution is 7.62. The van der Waals surface area contributed by atoms with Crippen LogP contribution in [0.15, 0.2) is 11.6 Å². The molecule has 0 aliphatic carbocycles. The van der Waals surface area contributed by atoms with Crippen LogP contribution >= 0.6 is 7.94 Å². The first-order valence-corrected chi connectivity index (χ1v) is 3.29. The van der Waals surface area contributed by atoms with Crippen molar-refractivity contribution >= 4 is 7.94 Å². The van der Waals surface area contributed by atoms with Gasteiger partial charge in [-0.1, -0.05) is 0 Å². The molecule has 0 radical (unpaired) electrons. The van der Waals surface area contributed by atoms with Gasteiger partial charge in [0, 0.05) is 0 Å². The van der Waals surface area contributed by atoms with Gasteiger partial charge in [-0.2, -0.15) is 23.5 Å². The lowest BCUT2D eigenvalue weighted by molar-refractivity contribution is 0.310. The molecule has 0 saturated carbocycles. The molecule has 9 heavy (non-hydrogen) atoms. The summed E-state index contributed by atoms with van der Waals surface area (Å²) in [5.74, 6) is 0. The fraction of sp³-hybridized carbons (Fsp3) is 0. The zero-order chi connectivity index (χ0) is 7.65. The number of rotatable bonds is 1. The topological polar surface area (TPSA) is 60.7 Å². The highest BCUT2D eigenvalue weighted by Gasteiger charge is 2.43. The van der Waals surface area contributed by atoms with E-state index in [-0.39, 0.29) is 0 Å². The molecule has 0 unspecified atom stereocenters. The van der Waals surface area contributed by atoms with E-state index in [2.05, 4.69) is 0 Å². The van der Waals surface area contributed by atoms with Crippen LogP contribution in [-0.2, 0) is 0 Å². The molecule has 54 valence electrons. The van der Waals surface area contributed by atoms with E-state index >= 15 is 0 Å². The fourth-order valence-electron chi connectivity index (χ4n) is 0.113. The van der Waals surface area contributed by atoms with Crippen LogP contribution in [0.25, 0.3) is 0 Å². The Morgan fingerprint density at radius 2 is 1.33 bits per heavy atom. The molecule has 0 saturated heterocycles. The third kappa shape index (κ3) is 2.76. The van der Waals surface area contributed by atoms with E-state index < -0.39 is 19.6 Å². The molecule has 0 rings (SSSR count). The molecule has 0 bridgehead atoms. The van der Waals surface area contributed by atoms with Crippen LogP contribution in [0.1, 0.15) is 0 Å². The Hall–Kier alpha value is -0.160. The largest absolute Gasteiger partial charge is 0.476 e. The second-order valence-corrected chi connectivity index (χ2v) is 2.65. The van der Waals surface area contributed by atoms with Gasteiger partial charge in [0.15, 0.2) is 0 Å². The lowest BCUT2D eigenvalue weighted by Gasteiger charge is -1.95. The molecule has 7 heteroatoms. The van der Waals surface area contributed by atoms with Gasteiger partial charge in [0.1, 0.15) is 0 Å². The van der Waals surface area contributed by atoms with Gasteiger partial charge in [0.2, 0.25) is 0 Å². The zero-order valence-electron chi connectivity index (χ0n) is 3.92. The predicted molar refractivity (Wildman–Crippen MR) is 23.9 cm³/mol. The van der Waals surface area contributed by atoms with E-state index in [1.54, 1.807) is 0 Å². The average Bonchev–Trinajstić information content (AvgIpc) is 1.62. The van der Waals surface area contributed by atoms with Crippen LogP contribution in [0.2, 0.25) is 0 Å². The smallest absolute Gasteiger partial charge is 0.187 e. The standard InChI is InChI=1S/C2H3F3O3P/c3-1(4)2(5)9(6,7)8/h6-8H/q+1. The van der Waals surface area contributed by atoms with E-state index in [0.717, 1.165) is 0 Å². The lowest BCUT2D eigenvalue weighted by Crippen LogP contribution is -1.88. The first kappa shape index (κ1) is 8.84. The number of halogens is 3. The molecule has 0 fully saturated rings. The van der Waals surface area contributed by atoms with Crippen molar-refractivity contribution in [1.82, 2.24) is 0 Å². The summed E-state index contributed by atoms with van der Waals surface area (Å²) < 4.78 is 33.4. The van der Waals surface area contributed by atoms with Gasteiger partial charge < -0.3 is 0 Å². The highest BCUT2D eigenvalue weighted by Crippen LogP contribution is 2.55. The summed E-state index contributed by atoms with van der Waals surface area (Å²) in [6, 6.07) is 0. The molecular formula is C2H3F3O3P+. The number of hydrogen-bond donors (Lipinski definition) is 3. The van der Waals surface area contributed by atoms with Gasteiger partial charge in [-0.25, -0.2) is 0 Å². The van der Waals surface area contributed by atoms with Crippen molar-refractivity contribution in [2.45, 2.75) is 0 Å². The molecule has 0 aliphatic heterocycles. The molecule has 0 aromatic heterocycles. The predicted octanol–water partition coefficient (Wildman–Crippen LogP) is 0.761. The summed E-state index contributed by atoms with van der Waals surface area (Å²) in [7, 11) is -5.10. The Balaban J connectivity index is 4.40. The molecular weight excluding hydrogens is 160 g/mol. The van der Waals surface area contributed by atoms with Crippen LogP contribution in [-0.4, -0.2) is 14.7 Å². The molecule has 0 spiro atoms. The summed E-state index contributed by atoms with van der Waals surface area (Å²) in [6.07, 6.45) is -2.92. The summed E-state index contributed by atoms with van der Waals surface area (Å²) in [4.78, 5) is 23.3. The Morgan fingerprint density at radius 3 is 1.33 bits per heavy atom. The van der Waals surface area contributed by atoms with Crippen molar-refractivity contribution in [2.75, 3.05) is 0 Å². The van der Waals surface area contributed by atoms with E-state index in [1.165, 1.54) is 0 Å². The third-order valence-corrected chi connectivity index (χ3v) is 1.12. The van der Waals surface area contributed by atoms with Crippen LogP contribution in [0.3, 0.4) is 0 Å². The minimum atomic E-state index is -5.10. The summed E-state index contributed by atoms with van der Waals surface area (Å²) in [5, 5.41) is 0. The normalized spacial score (nSPS) is 11.3. The van der Waals surface area contributed by atoms with Crippen molar-refractivity contribution < 1.29 is 27.9 Å². The molecule has 0 amide bonds. The van der Waals surface area contributed by atoms with Gasteiger partial charge in [-0.05, 0) is 0 Å². The molecule has 0 aromatic carbocycles. The van der Waals surface area contributed by atoms with Crippen molar-refractivity contribution in [1.29, 1.82) is 0 Å². The van der Waals surface area contributed by atoms with Gasteiger partial charge in [-0.3, -0.25) is 0 Å². The average molecular weight is 163 g/mol. The monoisotopic (exact) mass is 163 g/mol. The van der Waals surface area contributed by atoms with Gasteiger partial charge in [-0.15, -0.1) is 4.39 Å². The SMILES string of the molecule is O[P+](O)(O)C(F)=C(F)F. The van der Waals surface area contributed by atoms with Crippen molar-refractivity contribution in [3.63, 3.8) is 0 Å². The molecule has 3 N–H and O–H groups in total. The minimum absolute atomic E-state index is 2.55. The first-order chi connectivity index (χ1) is 3.85. The summed E-state index contributed by atoms with van der Waals surface area (Å²) in [6.45, 7) is 0. The van der Waals surface area contributed by atoms with E-state index in [9.17, 15) is 13.2 Å². The van der Waals surface area contributed by atoms with Crippen LogP contribution in [0, 0.1) is 0 Å². The van der Waals surface area contributed by atoms with Crippen molar-refractivity contribution in [3.05, 3.63) is 11.6 Å². The molecule has 0 atom stereocenters. The van der Waals surface area contributed by atoms with Crippen molar-refractivity contribution in [2.24, 2.45) is 0 Å². The molecule has 0 aromatic rings. The Kier molecular flexibility index (Phi) is 2.57. The third-order valence-electron chi connectivity index (χ3n) is 0.419. The van der Waals surface area contributed by atoms with E-state index in [0.29, 0.717) is 0 Å². The Labute approximate surface area is 48.6 Å². The second kappa shape index (κ2) is 2.62. The maximum atomic E-state index is 11.5.